The Hall–Kier alpha value is -1.35. The Morgan fingerprint density at radius 1 is 1.38 bits per heavy atom. The number of rotatable bonds is 4. The number of amides is 1. The number of nitrogens with one attached hydrogen (secondary N) is 1. The van der Waals surface area contributed by atoms with E-state index >= 15 is 0 Å². The molecule has 1 saturated carbocycles. The van der Waals surface area contributed by atoms with E-state index in [1.807, 2.05) is 18.2 Å². The van der Waals surface area contributed by atoms with Crippen LogP contribution in [0.5, 0.6) is 0 Å². The molecule has 1 N–H and O–H groups in total. The second-order valence-electron chi connectivity index (χ2n) is 4.28. The standard InChI is InChI=1S/C13H17NO2/c1-16-10-12(15)14-13(8-5-9-13)11-6-3-2-4-7-11/h2-4,6-7H,5,8-10H2,1H3,(H,14,15). The molecule has 0 bridgehead atoms. The summed E-state index contributed by atoms with van der Waals surface area (Å²) in [5, 5.41) is 3.08. The van der Waals surface area contributed by atoms with E-state index in [1.165, 1.54) is 19.1 Å². The summed E-state index contributed by atoms with van der Waals surface area (Å²) < 4.78 is 4.84. The molecule has 2 rings (SSSR count). The monoisotopic (exact) mass is 219 g/mol. The van der Waals surface area contributed by atoms with Crippen LogP contribution in [0, 0.1) is 0 Å². The molecule has 0 heterocycles. The van der Waals surface area contributed by atoms with Crippen molar-refractivity contribution in [3.63, 3.8) is 0 Å². The third kappa shape index (κ3) is 2.09. The van der Waals surface area contributed by atoms with Crippen molar-refractivity contribution in [2.75, 3.05) is 13.7 Å². The highest BCUT2D eigenvalue weighted by Crippen LogP contribution is 2.40. The minimum absolute atomic E-state index is 0.0361. The van der Waals surface area contributed by atoms with Gasteiger partial charge in [-0.15, -0.1) is 0 Å². The van der Waals surface area contributed by atoms with Crippen molar-refractivity contribution in [2.45, 2.75) is 24.8 Å². The molecule has 3 heteroatoms. The Balaban J connectivity index is 2.11. The summed E-state index contributed by atoms with van der Waals surface area (Å²) in [6.45, 7) is 0.134. The van der Waals surface area contributed by atoms with Crippen LogP contribution in [0.3, 0.4) is 0 Å². The van der Waals surface area contributed by atoms with Gasteiger partial charge in [-0.05, 0) is 24.8 Å². The zero-order valence-corrected chi connectivity index (χ0v) is 9.53. The second kappa shape index (κ2) is 4.66. The van der Waals surface area contributed by atoms with Gasteiger partial charge in [-0.3, -0.25) is 4.79 Å². The van der Waals surface area contributed by atoms with E-state index in [2.05, 4.69) is 17.4 Å². The Morgan fingerprint density at radius 2 is 2.06 bits per heavy atom. The van der Waals surface area contributed by atoms with Crippen LogP contribution < -0.4 is 5.32 Å². The van der Waals surface area contributed by atoms with E-state index in [9.17, 15) is 4.79 Å². The number of carbonyl (C=O) groups excluding carboxylic acids is 1. The molecular formula is C13H17NO2. The summed E-state index contributed by atoms with van der Waals surface area (Å²) in [6, 6.07) is 10.2. The van der Waals surface area contributed by atoms with Crippen LogP contribution in [-0.4, -0.2) is 19.6 Å². The van der Waals surface area contributed by atoms with E-state index in [1.54, 1.807) is 0 Å². The van der Waals surface area contributed by atoms with Gasteiger partial charge in [-0.1, -0.05) is 30.3 Å². The molecule has 1 fully saturated rings. The summed E-state index contributed by atoms with van der Waals surface area (Å²) in [4.78, 5) is 11.6. The third-order valence-electron chi connectivity index (χ3n) is 3.19. The average Bonchev–Trinajstić information content (AvgIpc) is 2.25. The normalized spacial score (nSPS) is 17.6. The van der Waals surface area contributed by atoms with Crippen LogP contribution in [0.2, 0.25) is 0 Å². The van der Waals surface area contributed by atoms with Crippen LogP contribution >= 0.6 is 0 Å². The third-order valence-corrected chi connectivity index (χ3v) is 3.19. The first kappa shape index (κ1) is 11.1. The van der Waals surface area contributed by atoms with Gasteiger partial charge >= 0.3 is 0 Å². The lowest BCUT2D eigenvalue weighted by Gasteiger charge is -2.43. The fraction of sp³-hybridized carbons (Fsp3) is 0.462. The first-order chi connectivity index (χ1) is 7.77. The highest BCUT2D eigenvalue weighted by molar-refractivity contribution is 5.78. The van der Waals surface area contributed by atoms with Gasteiger partial charge in [-0.25, -0.2) is 0 Å². The fourth-order valence-corrected chi connectivity index (χ4v) is 2.21. The maximum absolute atomic E-state index is 11.6. The SMILES string of the molecule is COCC(=O)NC1(c2ccccc2)CCC1. The second-order valence-corrected chi connectivity index (χ2v) is 4.28. The number of methoxy groups -OCH3 is 1. The predicted octanol–water partition coefficient (Wildman–Crippen LogP) is 1.83. The van der Waals surface area contributed by atoms with Crippen molar-refractivity contribution in [1.82, 2.24) is 5.32 Å². The Labute approximate surface area is 95.8 Å². The molecule has 1 aromatic rings. The van der Waals surface area contributed by atoms with Crippen LogP contribution in [0.1, 0.15) is 24.8 Å². The number of carbonyl (C=O) groups is 1. The molecule has 1 amide bonds. The molecular weight excluding hydrogens is 202 g/mol. The first-order valence-electron chi connectivity index (χ1n) is 5.62. The van der Waals surface area contributed by atoms with Crippen molar-refractivity contribution in [3.05, 3.63) is 35.9 Å². The Kier molecular flexibility index (Phi) is 3.25. The van der Waals surface area contributed by atoms with Gasteiger partial charge in [0.1, 0.15) is 6.61 Å². The quantitative estimate of drug-likeness (QED) is 0.839. The lowest BCUT2D eigenvalue weighted by Crippen LogP contribution is -2.51. The predicted molar refractivity (Wildman–Crippen MR) is 62.0 cm³/mol. The maximum Gasteiger partial charge on any atom is 0.246 e. The lowest BCUT2D eigenvalue weighted by atomic mass is 9.72. The van der Waals surface area contributed by atoms with E-state index in [0.717, 1.165) is 12.8 Å². The van der Waals surface area contributed by atoms with Gasteiger partial charge in [0, 0.05) is 7.11 Å². The molecule has 0 radical (unpaired) electrons. The van der Waals surface area contributed by atoms with Crippen molar-refractivity contribution in [1.29, 1.82) is 0 Å². The van der Waals surface area contributed by atoms with Crippen LogP contribution in [-0.2, 0) is 15.1 Å². The minimum Gasteiger partial charge on any atom is -0.375 e. The number of ether oxygens (including phenoxy) is 1. The van der Waals surface area contributed by atoms with Crippen LogP contribution in [0.15, 0.2) is 30.3 Å². The molecule has 1 aliphatic rings. The van der Waals surface area contributed by atoms with Crippen LogP contribution in [0.4, 0.5) is 0 Å². The smallest absolute Gasteiger partial charge is 0.246 e. The zero-order valence-electron chi connectivity index (χ0n) is 9.53. The summed E-state index contributed by atoms with van der Waals surface area (Å²) in [5.41, 5.74) is 1.06. The Bertz CT molecular complexity index is 357. The van der Waals surface area contributed by atoms with Gasteiger partial charge in [0.25, 0.3) is 0 Å². The van der Waals surface area contributed by atoms with Crippen molar-refractivity contribution in [2.24, 2.45) is 0 Å². The van der Waals surface area contributed by atoms with Crippen molar-refractivity contribution in [3.8, 4) is 0 Å². The molecule has 1 aromatic carbocycles. The number of hydrogen-bond acceptors (Lipinski definition) is 2. The molecule has 0 unspecified atom stereocenters. The molecule has 0 atom stereocenters. The molecule has 16 heavy (non-hydrogen) atoms. The summed E-state index contributed by atoms with van der Waals surface area (Å²) >= 11 is 0. The average molecular weight is 219 g/mol. The molecule has 3 nitrogen and oxygen atoms in total. The first-order valence-corrected chi connectivity index (χ1v) is 5.62. The van der Waals surface area contributed by atoms with Gasteiger partial charge in [0.2, 0.25) is 5.91 Å². The van der Waals surface area contributed by atoms with Gasteiger partial charge < -0.3 is 10.1 Å². The molecule has 0 aliphatic heterocycles. The van der Waals surface area contributed by atoms with E-state index < -0.39 is 0 Å². The van der Waals surface area contributed by atoms with Gasteiger partial charge in [0.15, 0.2) is 0 Å². The Morgan fingerprint density at radius 3 is 2.56 bits per heavy atom. The van der Waals surface area contributed by atoms with Gasteiger partial charge in [-0.2, -0.15) is 0 Å². The summed E-state index contributed by atoms with van der Waals surface area (Å²) in [6.07, 6.45) is 3.21. The fourth-order valence-electron chi connectivity index (χ4n) is 2.21. The number of hydrogen-bond donors (Lipinski definition) is 1. The molecule has 0 saturated heterocycles. The summed E-state index contributed by atoms with van der Waals surface area (Å²) in [7, 11) is 1.54. The largest absolute Gasteiger partial charge is 0.375 e. The molecule has 1 aliphatic carbocycles. The highest BCUT2D eigenvalue weighted by atomic mass is 16.5. The summed E-state index contributed by atoms with van der Waals surface area (Å²) in [5.74, 6) is -0.0361. The molecule has 86 valence electrons. The number of benzene rings is 1. The topological polar surface area (TPSA) is 38.3 Å². The van der Waals surface area contributed by atoms with E-state index in [0.29, 0.717) is 0 Å². The molecule has 0 spiro atoms. The lowest BCUT2D eigenvalue weighted by molar-refractivity contribution is -0.128. The van der Waals surface area contributed by atoms with Crippen molar-refractivity contribution < 1.29 is 9.53 Å². The highest BCUT2D eigenvalue weighted by Gasteiger charge is 2.39. The van der Waals surface area contributed by atoms with Crippen LogP contribution in [0.25, 0.3) is 0 Å². The molecule has 0 aromatic heterocycles. The zero-order chi connectivity index (χ0) is 11.4. The van der Waals surface area contributed by atoms with Gasteiger partial charge in [0.05, 0.1) is 5.54 Å². The van der Waals surface area contributed by atoms with Crippen molar-refractivity contribution >= 4 is 5.91 Å². The van der Waals surface area contributed by atoms with E-state index in [4.69, 9.17) is 4.74 Å². The minimum atomic E-state index is -0.142. The van der Waals surface area contributed by atoms with E-state index in [-0.39, 0.29) is 18.1 Å². The maximum atomic E-state index is 11.6.